The van der Waals surface area contributed by atoms with Gasteiger partial charge in [-0.3, -0.25) is 0 Å². The zero-order chi connectivity index (χ0) is 15.1. The maximum atomic E-state index is 6.05. The van der Waals surface area contributed by atoms with Crippen molar-refractivity contribution < 1.29 is 4.74 Å². The van der Waals surface area contributed by atoms with Crippen molar-refractivity contribution >= 4 is 27.3 Å². The molecule has 1 unspecified atom stereocenters. The Morgan fingerprint density at radius 3 is 2.67 bits per heavy atom. The summed E-state index contributed by atoms with van der Waals surface area (Å²) in [7, 11) is 0. The highest BCUT2D eigenvalue weighted by Crippen LogP contribution is 2.29. The van der Waals surface area contributed by atoms with Gasteiger partial charge in [0.25, 0.3) is 0 Å². The van der Waals surface area contributed by atoms with Crippen LogP contribution in [0.2, 0.25) is 0 Å². The lowest BCUT2D eigenvalue weighted by Crippen LogP contribution is -2.22. The van der Waals surface area contributed by atoms with Gasteiger partial charge in [0.05, 0.1) is 3.79 Å². The van der Waals surface area contributed by atoms with Crippen molar-refractivity contribution in [3.05, 3.63) is 50.6 Å². The maximum absolute atomic E-state index is 6.05. The van der Waals surface area contributed by atoms with E-state index in [9.17, 15) is 0 Å². The summed E-state index contributed by atoms with van der Waals surface area (Å²) < 4.78 is 7.19. The van der Waals surface area contributed by atoms with E-state index in [0.717, 1.165) is 28.9 Å². The molecule has 0 radical (unpaired) electrons. The molecule has 0 saturated carbocycles. The van der Waals surface area contributed by atoms with Gasteiger partial charge in [-0.15, -0.1) is 11.3 Å². The van der Waals surface area contributed by atoms with Crippen LogP contribution >= 0.6 is 27.3 Å². The molecule has 21 heavy (non-hydrogen) atoms. The third-order valence-electron chi connectivity index (χ3n) is 3.34. The van der Waals surface area contributed by atoms with Crippen molar-refractivity contribution in [3.8, 4) is 5.75 Å². The summed E-state index contributed by atoms with van der Waals surface area (Å²) in [5.74, 6) is 0.984. The number of ether oxygens (including phenoxy) is 1. The second-order valence-electron chi connectivity index (χ2n) is 4.95. The Labute approximate surface area is 139 Å². The van der Waals surface area contributed by atoms with Gasteiger partial charge in [-0.25, -0.2) is 0 Å². The summed E-state index contributed by atoms with van der Waals surface area (Å²) in [5.41, 5.74) is 1.25. The average molecular weight is 368 g/mol. The Kier molecular flexibility index (Phi) is 6.74. The van der Waals surface area contributed by atoms with Crippen molar-refractivity contribution in [2.45, 2.75) is 39.3 Å². The molecule has 114 valence electrons. The molecule has 1 atom stereocenters. The van der Waals surface area contributed by atoms with Crippen LogP contribution in [0.1, 0.15) is 43.2 Å². The van der Waals surface area contributed by atoms with Gasteiger partial charge in [-0.05, 0) is 53.5 Å². The first kappa shape index (κ1) is 16.5. The zero-order valence-corrected chi connectivity index (χ0v) is 15.0. The van der Waals surface area contributed by atoms with Crippen LogP contribution in [0, 0.1) is 0 Å². The zero-order valence-electron chi connectivity index (χ0n) is 12.6. The molecule has 0 spiro atoms. The van der Waals surface area contributed by atoms with Gasteiger partial charge >= 0.3 is 0 Å². The first-order valence-corrected chi connectivity index (χ1v) is 9.04. The van der Waals surface area contributed by atoms with Gasteiger partial charge in [-0.1, -0.05) is 32.0 Å². The predicted molar refractivity (Wildman–Crippen MR) is 94.1 cm³/mol. The molecular formula is C17H22BrNOS. The Bertz CT molecular complexity index is 555. The molecule has 0 aliphatic rings. The highest BCUT2D eigenvalue weighted by molar-refractivity contribution is 9.11. The number of rotatable bonds is 8. The van der Waals surface area contributed by atoms with Crippen LogP contribution in [0.15, 0.2) is 40.2 Å². The van der Waals surface area contributed by atoms with Crippen LogP contribution < -0.4 is 10.1 Å². The highest BCUT2D eigenvalue weighted by atomic mass is 79.9. The van der Waals surface area contributed by atoms with Crippen molar-refractivity contribution in [3.63, 3.8) is 0 Å². The Balaban J connectivity index is 2.08. The Morgan fingerprint density at radius 2 is 2.00 bits per heavy atom. The second kappa shape index (κ2) is 8.57. The van der Waals surface area contributed by atoms with Gasteiger partial charge in [0.15, 0.2) is 0 Å². The Hall–Kier alpha value is -0.840. The number of halogens is 1. The van der Waals surface area contributed by atoms with Gasteiger partial charge in [-0.2, -0.15) is 0 Å². The third kappa shape index (κ3) is 4.83. The predicted octanol–water partition coefficient (Wildman–Crippen LogP) is 5.54. The standard InChI is InChI=1S/C17H22BrNOS/c1-3-11-19-15(4-2)14-7-5-6-8-16(14)20-12-13-9-10-17(18)21-13/h5-10,15,19H,3-4,11-12H2,1-2H3. The van der Waals surface area contributed by atoms with Crippen molar-refractivity contribution in [1.29, 1.82) is 0 Å². The monoisotopic (exact) mass is 367 g/mol. The smallest absolute Gasteiger partial charge is 0.124 e. The Morgan fingerprint density at radius 1 is 1.19 bits per heavy atom. The highest BCUT2D eigenvalue weighted by Gasteiger charge is 2.13. The molecule has 0 bridgehead atoms. The van der Waals surface area contributed by atoms with Crippen molar-refractivity contribution in [1.82, 2.24) is 5.32 Å². The van der Waals surface area contributed by atoms with E-state index in [1.54, 1.807) is 11.3 Å². The topological polar surface area (TPSA) is 21.3 Å². The minimum atomic E-state index is 0.358. The molecule has 2 rings (SSSR count). The van der Waals surface area contributed by atoms with E-state index in [1.165, 1.54) is 10.4 Å². The number of nitrogens with one attached hydrogen (secondary N) is 1. The molecule has 1 N–H and O–H groups in total. The number of thiophene rings is 1. The first-order valence-electron chi connectivity index (χ1n) is 7.43. The van der Waals surface area contributed by atoms with Crippen LogP contribution in [-0.4, -0.2) is 6.54 Å². The molecule has 0 saturated heterocycles. The quantitative estimate of drug-likeness (QED) is 0.661. The molecule has 0 aliphatic carbocycles. The average Bonchev–Trinajstić information content (AvgIpc) is 2.92. The van der Waals surface area contributed by atoms with Gasteiger partial charge in [0, 0.05) is 16.5 Å². The van der Waals surface area contributed by atoms with E-state index in [-0.39, 0.29) is 0 Å². The van der Waals surface area contributed by atoms with Gasteiger partial charge < -0.3 is 10.1 Å². The van der Waals surface area contributed by atoms with E-state index in [1.807, 2.05) is 6.07 Å². The number of benzene rings is 1. The number of hydrogen-bond donors (Lipinski definition) is 1. The van der Waals surface area contributed by atoms with E-state index < -0.39 is 0 Å². The minimum absolute atomic E-state index is 0.358. The largest absolute Gasteiger partial charge is 0.488 e. The van der Waals surface area contributed by atoms with Crippen LogP contribution in [0.5, 0.6) is 5.75 Å². The first-order chi connectivity index (χ1) is 10.2. The number of hydrogen-bond acceptors (Lipinski definition) is 3. The summed E-state index contributed by atoms with van der Waals surface area (Å²) in [4.78, 5) is 1.23. The molecule has 1 heterocycles. The van der Waals surface area contributed by atoms with E-state index in [0.29, 0.717) is 12.6 Å². The SMILES string of the molecule is CCCNC(CC)c1ccccc1OCc1ccc(Br)s1. The van der Waals surface area contributed by atoms with Gasteiger partial charge in [0.2, 0.25) is 0 Å². The van der Waals surface area contributed by atoms with Crippen LogP contribution in [0.25, 0.3) is 0 Å². The summed E-state index contributed by atoms with van der Waals surface area (Å²) in [5, 5.41) is 3.59. The van der Waals surface area contributed by atoms with Gasteiger partial charge in [0.1, 0.15) is 12.4 Å². The van der Waals surface area contributed by atoms with Crippen LogP contribution in [0.4, 0.5) is 0 Å². The fourth-order valence-electron chi connectivity index (χ4n) is 2.27. The fourth-order valence-corrected chi connectivity index (χ4v) is 3.67. The molecule has 0 fully saturated rings. The lowest BCUT2D eigenvalue weighted by atomic mass is 10.0. The van der Waals surface area contributed by atoms with E-state index >= 15 is 0 Å². The number of para-hydroxylation sites is 1. The van der Waals surface area contributed by atoms with Crippen molar-refractivity contribution in [2.75, 3.05) is 6.54 Å². The molecule has 0 aliphatic heterocycles. The van der Waals surface area contributed by atoms with Crippen LogP contribution in [0.3, 0.4) is 0 Å². The summed E-state index contributed by atoms with van der Waals surface area (Å²) in [6.45, 7) is 6.06. The molecule has 4 heteroatoms. The normalized spacial score (nSPS) is 12.3. The van der Waals surface area contributed by atoms with Crippen molar-refractivity contribution in [2.24, 2.45) is 0 Å². The third-order valence-corrected chi connectivity index (χ3v) is 4.94. The maximum Gasteiger partial charge on any atom is 0.124 e. The molecule has 1 aromatic heterocycles. The molecule has 2 nitrogen and oxygen atoms in total. The molecule has 2 aromatic rings. The summed E-state index contributed by atoms with van der Waals surface area (Å²) in [6, 6.07) is 12.9. The summed E-state index contributed by atoms with van der Waals surface area (Å²) in [6.07, 6.45) is 2.20. The van der Waals surface area contributed by atoms with E-state index in [4.69, 9.17) is 4.74 Å². The lowest BCUT2D eigenvalue weighted by Gasteiger charge is -2.20. The summed E-state index contributed by atoms with van der Waals surface area (Å²) >= 11 is 5.21. The van der Waals surface area contributed by atoms with E-state index in [2.05, 4.69) is 65.4 Å². The minimum Gasteiger partial charge on any atom is -0.488 e. The molecule has 0 amide bonds. The lowest BCUT2D eigenvalue weighted by molar-refractivity contribution is 0.301. The van der Waals surface area contributed by atoms with Crippen LogP contribution in [-0.2, 0) is 6.61 Å². The second-order valence-corrected chi connectivity index (χ2v) is 7.49. The molecule has 1 aromatic carbocycles. The molecular weight excluding hydrogens is 346 g/mol. The fraction of sp³-hybridized carbons (Fsp3) is 0.412.